The van der Waals surface area contributed by atoms with E-state index in [0.717, 1.165) is 4.47 Å². The summed E-state index contributed by atoms with van der Waals surface area (Å²) in [4.78, 5) is 10.5. The third-order valence-corrected chi connectivity index (χ3v) is 1.91. The fourth-order valence-electron chi connectivity index (χ4n) is 0.819. The summed E-state index contributed by atoms with van der Waals surface area (Å²) in [5.41, 5.74) is 2.79. The second kappa shape index (κ2) is 4.76. The summed E-state index contributed by atoms with van der Waals surface area (Å²) in [7, 11) is 0. The van der Waals surface area contributed by atoms with Crippen LogP contribution in [0.2, 0.25) is 0 Å². The second-order valence-electron chi connectivity index (χ2n) is 2.63. The number of phenolic OH excluding ortho intramolecular Hbond substituents is 1. The van der Waals surface area contributed by atoms with Crippen LogP contribution in [0.15, 0.2) is 27.8 Å². The van der Waals surface area contributed by atoms with Crippen LogP contribution < -0.4 is 5.43 Å². The number of halogens is 1. The molecule has 0 saturated heterocycles. The average molecular weight is 257 g/mol. The van der Waals surface area contributed by atoms with Crippen molar-refractivity contribution < 1.29 is 9.90 Å². The maximum atomic E-state index is 10.5. The normalized spacial score (nSPS) is 10.4. The van der Waals surface area contributed by atoms with Gasteiger partial charge in [-0.15, -0.1) is 0 Å². The molecule has 0 fully saturated rings. The van der Waals surface area contributed by atoms with E-state index in [1.54, 1.807) is 18.2 Å². The van der Waals surface area contributed by atoms with E-state index < -0.39 is 0 Å². The highest BCUT2D eigenvalue weighted by molar-refractivity contribution is 9.10. The molecule has 1 rings (SSSR count). The molecule has 0 bridgehead atoms. The number of carbonyl (C=O) groups excluding carboxylic acids is 1. The quantitative estimate of drug-likeness (QED) is 0.624. The van der Waals surface area contributed by atoms with Crippen LogP contribution in [0, 0.1) is 0 Å². The Labute approximate surface area is 89.8 Å². The number of nitrogens with one attached hydrogen (secondary N) is 1. The summed E-state index contributed by atoms with van der Waals surface area (Å²) in [6.07, 6.45) is 1.38. The van der Waals surface area contributed by atoms with Gasteiger partial charge < -0.3 is 5.11 Å². The van der Waals surface area contributed by atoms with E-state index in [0.29, 0.717) is 5.56 Å². The average Bonchev–Trinajstić information content (AvgIpc) is 2.08. The van der Waals surface area contributed by atoms with Crippen LogP contribution in [0.3, 0.4) is 0 Å². The molecule has 0 heterocycles. The van der Waals surface area contributed by atoms with Gasteiger partial charge in [-0.3, -0.25) is 4.79 Å². The molecule has 0 unspecified atom stereocenters. The summed E-state index contributed by atoms with van der Waals surface area (Å²) in [6.45, 7) is 1.36. The number of carbonyl (C=O) groups is 1. The lowest BCUT2D eigenvalue weighted by Gasteiger charge is -1.98. The largest absolute Gasteiger partial charge is 0.507 e. The van der Waals surface area contributed by atoms with Crippen molar-refractivity contribution in [2.45, 2.75) is 6.92 Å². The topological polar surface area (TPSA) is 61.7 Å². The number of benzene rings is 1. The molecular weight excluding hydrogens is 248 g/mol. The Balaban J connectivity index is 2.76. The fraction of sp³-hybridized carbons (Fsp3) is 0.111. The zero-order valence-electron chi connectivity index (χ0n) is 7.49. The van der Waals surface area contributed by atoms with Crippen molar-refractivity contribution in [3.63, 3.8) is 0 Å². The second-order valence-corrected chi connectivity index (χ2v) is 3.55. The zero-order chi connectivity index (χ0) is 10.6. The van der Waals surface area contributed by atoms with Crippen LogP contribution in [0.25, 0.3) is 0 Å². The zero-order valence-corrected chi connectivity index (χ0v) is 9.08. The molecule has 2 N–H and O–H groups in total. The van der Waals surface area contributed by atoms with Gasteiger partial charge >= 0.3 is 0 Å². The van der Waals surface area contributed by atoms with E-state index >= 15 is 0 Å². The summed E-state index contributed by atoms with van der Waals surface area (Å²) in [6, 6.07) is 5.01. The number of hydrogen-bond donors (Lipinski definition) is 2. The molecule has 0 saturated carbocycles. The summed E-state index contributed by atoms with van der Waals surface area (Å²) < 4.78 is 0.784. The van der Waals surface area contributed by atoms with Gasteiger partial charge in [-0.05, 0) is 18.2 Å². The van der Waals surface area contributed by atoms with E-state index in [4.69, 9.17) is 0 Å². The Morgan fingerprint density at radius 2 is 2.36 bits per heavy atom. The predicted octanol–water partition coefficient (Wildman–Crippen LogP) is 1.62. The highest BCUT2D eigenvalue weighted by atomic mass is 79.9. The minimum absolute atomic E-state index is 0.105. The van der Waals surface area contributed by atoms with Gasteiger partial charge in [0, 0.05) is 17.0 Å². The predicted molar refractivity (Wildman–Crippen MR) is 57.2 cm³/mol. The van der Waals surface area contributed by atoms with Gasteiger partial charge in [0.15, 0.2) is 0 Å². The van der Waals surface area contributed by atoms with E-state index in [9.17, 15) is 9.90 Å². The van der Waals surface area contributed by atoms with Crippen LogP contribution in [-0.4, -0.2) is 17.2 Å². The van der Waals surface area contributed by atoms with Gasteiger partial charge in [0.25, 0.3) is 0 Å². The Bertz CT molecular complexity index is 377. The van der Waals surface area contributed by atoms with Crippen LogP contribution in [0.5, 0.6) is 5.75 Å². The first-order chi connectivity index (χ1) is 6.59. The van der Waals surface area contributed by atoms with Crippen LogP contribution in [0.4, 0.5) is 0 Å². The minimum Gasteiger partial charge on any atom is -0.507 e. The first kappa shape index (κ1) is 10.7. The van der Waals surface area contributed by atoms with Crippen molar-refractivity contribution >= 4 is 28.1 Å². The van der Waals surface area contributed by atoms with Crippen LogP contribution in [-0.2, 0) is 4.79 Å². The first-order valence-corrected chi connectivity index (χ1v) is 4.67. The van der Waals surface area contributed by atoms with Crippen molar-refractivity contribution in [1.29, 1.82) is 0 Å². The van der Waals surface area contributed by atoms with Crippen molar-refractivity contribution in [3.8, 4) is 5.75 Å². The number of amides is 1. The van der Waals surface area contributed by atoms with Gasteiger partial charge in [0.05, 0.1) is 6.21 Å². The molecule has 0 aliphatic carbocycles. The molecule has 0 aliphatic rings. The van der Waals surface area contributed by atoms with Crippen molar-refractivity contribution in [2.24, 2.45) is 5.10 Å². The molecular formula is C9H9BrN2O2. The highest BCUT2D eigenvalue weighted by Crippen LogP contribution is 2.20. The molecule has 1 amide bonds. The Morgan fingerprint density at radius 3 is 2.93 bits per heavy atom. The number of nitrogens with zero attached hydrogens (tertiary/aromatic N) is 1. The molecule has 74 valence electrons. The third kappa shape index (κ3) is 3.18. The molecule has 0 atom stereocenters. The van der Waals surface area contributed by atoms with E-state index in [1.165, 1.54) is 13.1 Å². The molecule has 0 radical (unpaired) electrons. The maximum Gasteiger partial charge on any atom is 0.236 e. The lowest BCUT2D eigenvalue weighted by molar-refractivity contribution is -0.118. The highest BCUT2D eigenvalue weighted by Gasteiger charge is 1.98. The maximum absolute atomic E-state index is 10.5. The Hall–Kier alpha value is -1.36. The van der Waals surface area contributed by atoms with Gasteiger partial charge in [-0.1, -0.05) is 15.9 Å². The fourth-order valence-corrected chi connectivity index (χ4v) is 1.17. The van der Waals surface area contributed by atoms with E-state index in [1.807, 2.05) is 0 Å². The summed E-state index contributed by atoms with van der Waals surface area (Å²) in [5, 5.41) is 13.1. The number of phenols is 1. The Morgan fingerprint density at radius 1 is 1.64 bits per heavy atom. The molecule has 0 aromatic heterocycles. The Kier molecular flexibility index (Phi) is 3.64. The molecule has 1 aromatic rings. The van der Waals surface area contributed by atoms with Gasteiger partial charge in [0.1, 0.15) is 5.75 Å². The molecule has 0 aliphatic heterocycles. The lowest BCUT2D eigenvalue weighted by atomic mass is 10.2. The number of rotatable bonds is 2. The van der Waals surface area contributed by atoms with Crippen LogP contribution in [0.1, 0.15) is 12.5 Å². The molecule has 14 heavy (non-hydrogen) atoms. The summed E-state index contributed by atoms with van der Waals surface area (Å²) in [5.74, 6) is -0.147. The first-order valence-electron chi connectivity index (χ1n) is 3.88. The number of hydrogen-bond acceptors (Lipinski definition) is 3. The summed E-state index contributed by atoms with van der Waals surface area (Å²) >= 11 is 3.21. The number of aromatic hydroxyl groups is 1. The lowest BCUT2D eigenvalue weighted by Crippen LogP contribution is -2.12. The van der Waals surface area contributed by atoms with Gasteiger partial charge in [-0.25, -0.2) is 5.43 Å². The number of hydrazone groups is 1. The SMILES string of the molecule is CC(=O)N/N=C/c1ccc(Br)cc1O. The van der Waals surface area contributed by atoms with E-state index in [2.05, 4.69) is 26.5 Å². The molecule has 5 heteroatoms. The van der Waals surface area contributed by atoms with Crippen molar-refractivity contribution in [2.75, 3.05) is 0 Å². The van der Waals surface area contributed by atoms with Crippen molar-refractivity contribution in [3.05, 3.63) is 28.2 Å². The molecule has 0 spiro atoms. The smallest absolute Gasteiger partial charge is 0.236 e. The van der Waals surface area contributed by atoms with Crippen molar-refractivity contribution in [1.82, 2.24) is 5.43 Å². The third-order valence-electron chi connectivity index (χ3n) is 1.42. The molecule has 1 aromatic carbocycles. The van der Waals surface area contributed by atoms with E-state index in [-0.39, 0.29) is 11.7 Å². The van der Waals surface area contributed by atoms with Gasteiger partial charge in [-0.2, -0.15) is 5.10 Å². The standard InChI is InChI=1S/C9H9BrN2O2/c1-6(13)12-11-5-7-2-3-8(10)4-9(7)14/h2-5,14H,1H3,(H,12,13)/b11-5+. The van der Waals surface area contributed by atoms with Crippen LogP contribution >= 0.6 is 15.9 Å². The molecule has 4 nitrogen and oxygen atoms in total. The van der Waals surface area contributed by atoms with Gasteiger partial charge in [0.2, 0.25) is 5.91 Å². The monoisotopic (exact) mass is 256 g/mol. The minimum atomic E-state index is -0.252.